The van der Waals surface area contributed by atoms with Gasteiger partial charge >= 0.3 is 0 Å². The number of hydrogen-bond donors (Lipinski definition) is 0. The van der Waals surface area contributed by atoms with Crippen LogP contribution in [0.25, 0.3) is 0 Å². The fourth-order valence-corrected chi connectivity index (χ4v) is 1.43. The molecule has 2 rings (SSSR count). The van der Waals surface area contributed by atoms with Crippen molar-refractivity contribution in [1.82, 2.24) is 0 Å². The summed E-state index contributed by atoms with van der Waals surface area (Å²) in [5.74, 6) is 3.77. The number of ketones is 2. The number of Topliss-reactive ketones (excluding diaryl/α,β-unsaturated/α-hetero) is 2. The predicted octanol–water partition coefficient (Wildman–Crippen LogP) is 2.49. The van der Waals surface area contributed by atoms with Gasteiger partial charge in [-0.3, -0.25) is 9.59 Å². The average Bonchev–Trinajstić information content (AvgIpc) is 2.46. The smallest absolute Gasteiger partial charge is 0.276 e. The average molecular weight is 234 g/mol. The normalized spacial score (nSPS) is 9.11. The third kappa shape index (κ3) is 2.93. The van der Waals surface area contributed by atoms with Crippen molar-refractivity contribution in [3.05, 3.63) is 71.8 Å². The number of benzene rings is 2. The van der Waals surface area contributed by atoms with Crippen LogP contribution in [0.2, 0.25) is 0 Å². The molecule has 0 aromatic heterocycles. The van der Waals surface area contributed by atoms with Crippen LogP contribution >= 0.6 is 0 Å². The van der Waals surface area contributed by atoms with E-state index in [0.717, 1.165) is 0 Å². The van der Waals surface area contributed by atoms with Crippen LogP contribution in [0.15, 0.2) is 60.7 Å². The van der Waals surface area contributed by atoms with E-state index in [1.165, 1.54) is 0 Å². The Kier molecular flexibility index (Phi) is 3.68. The Morgan fingerprint density at radius 1 is 0.778 bits per heavy atom. The van der Waals surface area contributed by atoms with Gasteiger partial charge in [-0.25, -0.2) is 0 Å². The van der Waals surface area contributed by atoms with Gasteiger partial charge in [0.25, 0.3) is 5.78 Å². The molecule has 2 nitrogen and oxygen atoms in total. The molecule has 2 aromatic rings. The Morgan fingerprint density at radius 3 is 1.94 bits per heavy atom. The van der Waals surface area contributed by atoms with Gasteiger partial charge in [-0.2, -0.15) is 0 Å². The van der Waals surface area contributed by atoms with Gasteiger partial charge in [-0.1, -0.05) is 54.5 Å². The first-order chi connectivity index (χ1) is 8.77. The molecule has 2 aromatic carbocycles. The first kappa shape index (κ1) is 11.8. The van der Waals surface area contributed by atoms with Gasteiger partial charge in [-0.15, -0.1) is 0 Å². The summed E-state index contributed by atoms with van der Waals surface area (Å²) in [5.41, 5.74) is 1.08. The number of rotatable bonds is 2. The summed E-state index contributed by atoms with van der Waals surface area (Å²) in [7, 11) is 0. The van der Waals surface area contributed by atoms with Crippen molar-refractivity contribution in [2.24, 2.45) is 0 Å². The minimum absolute atomic E-state index is 0.366. The fourth-order valence-electron chi connectivity index (χ4n) is 1.43. The summed E-state index contributed by atoms with van der Waals surface area (Å²) in [6, 6.07) is 17.5. The zero-order valence-electron chi connectivity index (χ0n) is 9.59. The topological polar surface area (TPSA) is 34.1 Å². The number of carbonyl (C=O) groups excluding carboxylic acids is 2. The maximum atomic E-state index is 11.7. The predicted molar refractivity (Wildman–Crippen MR) is 69.1 cm³/mol. The number of carbonyl (C=O) groups is 2. The van der Waals surface area contributed by atoms with Crippen LogP contribution in [0.5, 0.6) is 0 Å². The molecule has 0 aliphatic heterocycles. The summed E-state index contributed by atoms with van der Waals surface area (Å²) in [6.45, 7) is 0. The van der Waals surface area contributed by atoms with Crippen molar-refractivity contribution in [3.8, 4) is 11.8 Å². The van der Waals surface area contributed by atoms with Gasteiger partial charge < -0.3 is 0 Å². The molecule has 0 N–H and O–H groups in total. The molecule has 0 unspecified atom stereocenters. The maximum Gasteiger partial charge on any atom is 0.276 e. The molecule has 0 bridgehead atoms. The lowest BCUT2D eigenvalue weighted by atomic mass is 10.1. The van der Waals surface area contributed by atoms with E-state index in [2.05, 4.69) is 11.8 Å². The van der Waals surface area contributed by atoms with Crippen LogP contribution in [0.1, 0.15) is 15.9 Å². The van der Waals surface area contributed by atoms with E-state index in [-0.39, 0.29) is 0 Å². The Bertz CT molecular complexity index is 616. The van der Waals surface area contributed by atoms with Crippen LogP contribution in [0.4, 0.5) is 0 Å². The first-order valence-electron chi connectivity index (χ1n) is 5.48. The summed E-state index contributed by atoms with van der Waals surface area (Å²) in [6.07, 6.45) is 0. The second-order valence-corrected chi connectivity index (χ2v) is 3.64. The zero-order chi connectivity index (χ0) is 12.8. The SMILES string of the molecule is O=C(C#Cc1ccccc1)C(=O)c1ccccc1. The quantitative estimate of drug-likeness (QED) is 0.454. The van der Waals surface area contributed by atoms with Crippen molar-refractivity contribution in [2.75, 3.05) is 0 Å². The van der Waals surface area contributed by atoms with E-state index in [1.54, 1.807) is 42.5 Å². The third-order valence-corrected chi connectivity index (χ3v) is 2.34. The van der Waals surface area contributed by atoms with Crippen molar-refractivity contribution in [3.63, 3.8) is 0 Å². The largest absolute Gasteiger partial charge is 0.284 e. The maximum absolute atomic E-state index is 11.7. The molecule has 18 heavy (non-hydrogen) atoms. The Morgan fingerprint density at radius 2 is 1.33 bits per heavy atom. The molecule has 0 saturated heterocycles. The lowest BCUT2D eigenvalue weighted by molar-refractivity contribution is -0.110. The molecule has 0 atom stereocenters. The Hall–Kier alpha value is -2.66. The highest BCUT2D eigenvalue weighted by atomic mass is 16.2. The molecule has 2 heteroatoms. The van der Waals surface area contributed by atoms with Crippen LogP contribution in [0, 0.1) is 11.8 Å². The van der Waals surface area contributed by atoms with Crippen LogP contribution in [0.3, 0.4) is 0 Å². The third-order valence-electron chi connectivity index (χ3n) is 2.34. The van der Waals surface area contributed by atoms with Crippen molar-refractivity contribution >= 4 is 11.6 Å². The Labute approximate surface area is 105 Å². The molecule has 0 radical (unpaired) electrons. The molecular formula is C16H10O2. The summed E-state index contributed by atoms with van der Waals surface area (Å²) in [5, 5.41) is 0. The number of hydrogen-bond acceptors (Lipinski definition) is 2. The molecule has 86 valence electrons. The lowest BCUT2D eigenvalue weighted by Gasteiger charge is -1.93. The van der Waals surface area contributed by atoms with E-state index >= 15 is 0 Å². The van der Waals surface area contributed by atoms with E-state index in [4.69, 9.17) is 0 Å². The van der Waals surface area contributed by atoms with Crippen LogP contribution in [-0.4, -0.2) is 11.6 Å². The van der Waals surface area contributed by atoms with Crippen LogP contribution in [-0.2, 0) is 4.79 Å². The molecule has 0 amide bonds. The molecule has 0 aliphatic rings. The highest BCUT2D eigenvalue weighted by molar-refractivity contribution is 6.49. The fraction of sp³-hybridized carbons (Fsp3) is 0. The van der Waals surface area contributed by atoms with E-state index in [1.807, 2.05) is 18.2 Å². The van der Waals surface area contributed by atoms with E-state index < -0.39 is 11.6 Å². The minimum atomic E-state index is -0.690. The minimum Gasteiger partial charge on any atom is -0.284 e. The van der Waals surface area contributed by atoms with E-state index in [0.29, 0.717) is 11.1 Å². The van der Waals surface area contributed by atoms with Gasteiger partial charge in [0, 0.05) is 11.1 Å². The summed E-state index contributed by atoms with van der Waals surface area (Å²) >= 11 is 0. The van der Waals surface area contributed by atoms with Gasteiger partial charge in [0.15, 0.2) is 0 Å². The van der Waals surface area contributed by atoms with Crippen molar-refractivity contribution in [1.29, 1.82) is 0 Å². The summed E-state index contributed by atoms with van der Waals surface area (Å²) in [4.78, 5) is 23.3. The summed E-state index contributed by atoms with van der Waals surface area (Å²) < 4.78 is 0. The molecule has 0 saturated carbocycles. The van der Waals surface area contributed by atoms with Gasteiger partial charge in [0.2, 0.25) is 5.78 Å². The van der Waals surface area contributed by atoms with Crippen molar-refractivity contribution in [2.45, 2.75) is 0 Å². The molecular weight excluding hydrogens is 224 g/mol. The molecule has 0 aliphatic carbocycles. The second-order valence-electron chi connectivity index (χ2n) is 3.64. The molecule has 0 heterocycles. The van der Waals surface area contributed by atoms with Crippen LogP contribution < -0.4 is 0 Å². The molecule has 0 fully saturated rings. The Balaban J connectivity index is 2.15. The standard InChI is InChI=1S/C16H10O2/c17-15(12-11-13-7-3-1-4-8-13)16(18)14-9-5-2-6-10-14/h1-10H. The van der Waals surface area contributed by atoms with Gasteiger partial charge in [-0.05, 0) is 18.1 Å². The van der Waals surface area contributed by atoms with Gasteiger partial charge in [0.05, 0.1) is 0 Å². The van der Waals surface area contributed by atoms with Gasteiger partial charge in [0.1, 0.15) is 0 Å². The van der Waals surface area contributed by atoms with E-state index in [9.17, 15) is 9.59 Å². The highest BCUT2D eigenvalue weighted by Gasteiger charge is 2.12. The monoisotopic (exact) mass is 234 g/mol. The molecule has 0 spiro atoms. The zero-order valence-corrected chi connectivity index (χ0v) is 9.59. The van der Waals surface area contributed by atoms with Crippen molar-refractivity contribution < 1.29 is 9.59 Å². The first-order valence-corrected chi connectivity index (χ1v) is 5.48. The lowest BCUT2D eigenvalue weighted by Crippen LogP contribution is -2.11. The second kappa shape index (κ2) is 5.60. The highest BCUT2D eigenvalue weighted by Crippen LogP contribution is 2.01.